The second-order valence-corrected chi connectivity index (χ2v) is 3.46. The molecule has 4 heteroatoms. The summed E-state index contributed by atoms with van der Waals surface area (Å²) in [6.07, 6.45) is 2.35. The zero-order valence-corrected chi connectivity index (χ0v) is 8.56. The Morgan fingerprint density at radius 2 is 1.82 bits per heavy atom. The molecular weight excluding hydrogens is 163 g/mol. The van der Waals surface area contributed by atoms with Crippen molar-refractivity contribution in [2.24, 2.45) is 0 Å². The van der Waals surface area contributed by atoms with Gasteiger partial charge in [0.25, 0.3) is 0 Å². The highest BCUT2D eigenvalue weighted by Crippen LogP contribution is 2.36. The minimum absolute atomic E-state index is 0.307. The molecule has 0 spiro atoms. The summed E-state index contributed by atoms with van der Waals surface area (Å²) in [5.41, 5.74) is 0. The molecule has 0 amide bonds. The van der Waals surface area contributed by atoms with Crippen LogP contribution in [0, 0.1) is 0 Å². The Bertz CT molecular complexity index is 85.8. The summed E-state index contributed by atoms with van der Waals surface area (Å²) in [6.45, 7) is 6.09. The molecule has 68 valence electrons. The second kappa shape index (κ2) is 6.99. The Morgan fingerprint density at radius 1 is 1.27 bits per heavy atom. The fourth-order valence-electron chi connectivity index (χ4n) is 0.770. The highest BCUT2D eigenvalue weighted by Gasteiger charge is 2.10. The third-order valence-electron chi connectivity index (χ3n) is 1.39. The molecular formula is C7H17O3P. The highest BCUT2D eigenvalue weighted by molar-refractivity contribution is 7.46. The van der Waals surface area contributed by atoms with Crippen molar-refractivity contribution in [3.05, 3.63) is 0 Å². The van der Waals surface area contributed by atoms with Crippen molar-refractivity contribution in [2.45, 2.75) is 32.8 Å². The molecule has 3 nitrogen and oxygen atoms in total. The molecule has 0 aliphatic rings. The van der Waals surface area contributed by atoms with Crippen LogP contribution >= 0.6 is 8.38 Å². The van der Waals surface area contributed by atoms with E-state index in [0.717, 1.165) is 12.8 Å². The van der Waals surface area contributed by atoms with E-state index in [2.05, 4.69) is 18.7 Å². The van der Waals surface area contributed by atoms with Crippen LogP contribution in [-0.4, -0.2) is 19.9 Å². The predicted octanol–water partition coefficient (Wildman–Crippen LogP) is 2.71. The van der Waals surface area contributed by atoms with Crippen molar-refractivity contribution >= 4 is 8.38 Å². The molecule has 0 aliphatic heterocycles. The summed E-state index contributed by atoms with van der Waals surface area (Å²) in [4.78, 5) is 4.50. The maximum atomic E-state index is 5.51. The van der Waals surface area contributed by atoms with Gasteiger partial charge in [-0.15, -0.1) is 0 Å². The van der Waals surface area contributed by atoms with Crippen LogP contribution in [0.4, 0.5) is 0 Å². The Hall–Kier alpha value is 0.310. The molecule has 11 heavy (non-hydrogen) atoms. The van der Waals surface area contributed by atoms with Crippen LogP contribution in [0.2, 0.25) is 0 Å². The summed E-state index contributed by atoms with van der Waals surface area (Å²) in [5.74, 6) is 0. The second-order valence-electron chi connectivity index (χ2n) is 2.22. The summed E-state index contributed by atoms with van der Waals surface area (Å²) >= 11 is 0. The van der Waals surface area contributed by atoms with Crippen LogP contribution in [0.5, 0.6) is 0 Å². The largest absolute Gasteiger partial charge is 0.329 e. The maximum absolute atomic E-state index is 5.51. The van der Waals surface area contributed by atoms with E-state index in [1.54, 1.807) is 0 Å². The van der Waals surface area contributed by atoms with Gasteiger partial charge < -0.3 is 4.52 Å². The molecule has 0 aromatic rings. The molecule has 0 rings (SSSR count). The maximum Gasteiger partial charge on any atom is 0.205 e. The van der Waals surface area contributed by atoms with Crippen LogP contribution in [0.15, 0.2) is 0 Å². The molecule has 1 unspecified atom stereocenters. The van der Waals surface area contributed by atoms with E-state index in [9.17, 15) is 0 Å². The van der Waals surface area contributed by atoms with Crippen molar-refractivity contribution in [3.63, 3.8) is 0 Å². The smallest absolute Gasteiger partial charge is 0.205 e. The lowest BCUT2D eigenvalue weighted by atomic mass is 10.2. The molecule has 0 saturated heterocycles. The van der Waals surface area contributed by atoms with Gasteiger partial charge >= 0.3 is 0 Å². The molecule has 0 aromatic heterocycles. The summed E-state index contributed by atoms with van der Waals surface area (Å²) in [7, 11) is 0.641. The zero-order chi connectivity index (χ0) is 8.69. The molecule has 0 saturated carbocycles. The van der Waals surface area contributed by atoms with Crippen LogP contribution in [0.25, 0.3) is 0 Å². The van der Waals surface area contributed by atoms with Gasteiger partial charge in [-0.3, -0.25) is 0 Å². The number of hydrogen-bond acceptors (Lipinski definition) is 3. The van der Waals surface area contributed by atoms with E-state index in [4.69, 9.17) is 9.20 Å². The average Bonchev–Trinajstić information content (AvgIpc) is 2.01. The fraction of sp³-hybridized carbons (Fsp3) is 1.00. The van der Waals surface area contributed by atoms with Gasteiger partial charge in [0, 0.05) is 6.66 Å². The van der Waals surface area contributed by atoms with E-state index in [1.165, 1.54) is 7.11 Å². The van der Waals surface area contributed by atoms with E-state index in [0.29, 0.717) is 6.10 Å². The topological polar surface area (TPSA) is 27.7 Å². The quantitative estimate of drug-likeness (QED) is 0.357. The monoisotopic (exact) mass is 180 g/mol. The molecule has 0 fully saturated rings. The lowest BCUT2D eigenvalue weighted by Gasteiger charge is -2.17. The van der Waals surface area contributed by atoms with Crippen molar-refractivity contribution in [3.8, 4) is 0 Å². The van der Waals surface area contributed by atoms with Gasteiger partial charge in [0.1, 0.15) is 0 Å². The van der Waals surface area contributed by atoms with Gasteiger partial charge in [0.15, 0.2) is 0 Å². The van der Waals surface area contributed by atoms with E-state index in [-0.39, 0.29) is 0 Å². The van der Waals surface area contributed by atoms with E-state index in [1.807, 2.05) is 6.66 Å². The van der Waals surface area contributed by atoms with Crippen LogP contribution in [-0.2, 0) is 14.1 Å². The van der Waals surface area contributed by atoms with Crippen LogP contribution < -0.4 is 0 Å². The first-order valence-electron chi connectivity index (χ1n) is 3.85. The Labute approximate surface area is 69.9 Å². The minimum atomic E-state index is -0.854. The van der Waals surface area contributed by atoms with E-state index < -0.39 is 8.38 Å². The third-order valence-corrected chi connectivity index (χ3v) is 2.34. The molecule has 0 aromatic carbocycles. The minimum Gasteiger partial charge on any atom is -0.329 e. The van der Waals surface area contributed by atoms with Gasteiger partial charge in [0.2, 0.25) is 8.38 Å². The summed E-state index contributed by atoms with van der Waals surface area (Å²) in [6, 6.07) is 0. The summed E-state index contributed by atoms with van der Waals surface area (Å²) in [5, 5.41) is 0. The number of rotatable bonds is 6. The predicted molar refractivity (Wildman–Crippen MR) is 46.4 cm³/mol. The first kappa shape index (κ1) is 11.3. The van der Waals surface area contributed by atoms with Gasteiger partial charge in [0.05, 0.1) is 13.2 Å². The van der Waals surface area contributed by atoms with Gasteiger partial charge in [-0.2, -0.15) is 4.67 Å². The normalized spacial score (nSPS) is 13.9. The first-order valence-corrected chi connectivity index (χ1v) is 5.48. The van der Waals surface area contributed by atoms with Crippen molar-refractivity contribution in [2.75, 3.05) is 13.8 Å². The van der Waals surface area contributed by atoms with Crippen molar-refractivity contribution in [1.82, 2.24) is 0 Å². The van der Waals surface area contributed by atoms with Crippen molar-refractivity contribution in [1.29, 1.82) is 0 Å². The molecule has 0 heterocycles. The first-order chi connectivity index (χ1) is 5.24. The fourth-order valence-corrected chi connectivity index (χ4v) is 1.73. The molecule has 0 N–H and O–H groups in total. The van der Waals surface area contributed by atoms with Gasteiger partial charge in [-0.25, -0.2) is 4.89 Å². The van der Waals surface area contributed by atoms with E-state index >= 15 is 0 Å². The molecule has 0 aliphatic carbocycles. The number of hydrogen-bond donors (Lipinski definition) is 0. The van der Waals surface area contributed by atoms with Crippen molar-refractivity contribution < 1.29 is 14.1 Å². The molecule has 0 bridgehead atoms. The highest BCUT2D eigenvalue weighted by atomic mass is 31.2. The Morgan fingerprint density at radius 3 is 2.18 bits per heavy atom. The Kier molecular flexibility index (Phi) is 7.18. The standard InChI is InChI=1S/C7H17O3P/c1-5-7(6-2)9-11(4)10-8-3/h7H,5-6H2,1-4H3. The third kappa shape index (κ3) is 5.57. The lowest BCUT2D eigenvalue weighted by molar-refractivity contribution is -0.179. The SMILES string of the molecule is CCC(CC)OP(C)OOC. The van der Waals surface area contributed by atoms with Gasteiger partial charge in [-0.1, -0.05) is 13.8 Å². The van der Waals surface area contributed by atoms with Crippen LogP contribution in [0.1, 0.15) is 26.7 Å². The summed E-state index contributed by atoms with van der Waals surface area (Å²) < 4.78 is 10.3. The lowest BCUT2D eigenvalue weighted by Crippen LogP contribution is -2.06. The molecule has 1 atom stereocenters. The average molecular weight is 180 g/mol. The van der Waals surface area contributed by atoms with Gasteiger partial charge in [-0.05, 0) is 12.8 Å². The Balaban J connectivity index is 3.44. The molecule has 0 radical (unpaired) electrons. The zero-order valence-electron chi connectivity index (χ0n) is 7.66. The van der Waals surface area contributed by atoms with Crippen LogP contribution in [0.3, 0.4) is 0 Å².